The zero-order valence-electron chi connectivity index (χ0n) is 10.5. The van der Waals surface area contributed by atoms with Crippen LogP contribution in [0.4, 0.5) is 5.69 Å². The molecule has 0 aliphatic rings. The summed E-state index contributed by atoms with van der Waals surface area (Å²) in [5, 5.41) is 7.30. The molecule has 100 valence electrons. The molecule has 6 heteroatoms. The van der Waals surface area contributed by atoms with Crippen LogP contribution >= 0.6 is 27.5 Å². The molecule has 1 heterocycles. The Labute approximate surface area is 124 Å². The molecule has 1 aromatic heterocycles. The lowest BCUT2D eigenvalue weighted by molar-refractivity contribution is 0.706. The number of hydrogen-bond acceptors (Lipinski definition) is 3. The molecule has 0 aliphatic heterocycles. The van der Waals surface area contributed by atoms with E-state index in [2.05, 4.69) is 26.3 Å². The normalized spacial score (nSPS) is 12.2. The maximum absolute atomic E-state index is 11.7. The van der Waals surface area contributed by atoms with Gasteiger partial charge in [0.25, 0.3) is 5.56 Å². The fourth-order valence-corrected chi connectivity index (χ4v) is 2.17. The summed E-state index contributed by atoms with van der Waals surface area (Å²) in [4.78, 5) is 11.7. The molecule has 0 fully saturated rings. The van der Waals surface area contributed by atoms with E-state index in [1.54, 1.807) is 13.2 Å². The first-order chi connectivity index (χ1) is 8.99. The zero-order chi connectivity index (χ0) is 14.0. The Balaban J connectivity index is 2.24. The number of aromatic nitrogens is 2. The molecule has 2 rings (SSSR count). The predicted octanol–water partition coefficient (Wildman–Crippen LogP) is 3.37. The summed E-state index contributed by atoms with van der Waals surface area (Å²) < 4.78 is 2.23. The van der Waals surface area contributed by atoms with Crippen LogP contribution in [-0.2, 0) is 7.05 Å². The second-order valence-electron chi connectivity index (χ2n) is 4.22. The summed E-state index contributed by atoms with van der Waals surface area (Å²) >= 11 is 9.41. The molecule has 2 aromatic rings. The van der Waals surface area contributed by atoms with Crippen molar-refractivity contribution >= 4 is 33.2 Å². The lowest BCUT2D eigenvalue weighted by Crippen LogP contribution is -2.21. The quantitative estimate of drug-likeness (QED) is 0.930. The van der Waals surface area contributed by atoms with Gasteiger partial charge >= 0.3 is 0 Å². The van der Waals surface area contributed by atoms with Crippen molar-refractivity contribution in [1.29, 1.82) is 0 Å². The molecule has 1 unspecified atom stereocenters. The monoisotopic (exact) mass is 341 g/mol. The number of anilines is 1. The minimum Gasteiger partial charge on any atom is -0.376 e. The minimum absolute atomic E-state index is 0.0273. The number of nitrogens with one attached hydrogen (secondary N) is 1. The molecule has 0 radical (unpaired) electrons. The minimum atomic E-state index is -0.310. The third-order valence-corrected chi connectivity index (χ3v) is 3.71. The molecule has 0 bridgehead atoms. The Hall–Kier alpha value is -1.33. The van der Waals surface area contributed by atoms with Crippen LogP contribution in [0.3, 0.4) is 0 Å². The molecule has 1 aromatic carbocycles. The average Bonchev–Trinajstić information content (AvgIpc) is 2.40. The highest BCUT2D eigenvalue weighted by Crippen LogP contribution is 2.23. The Morgan fingerprint density at radius 3 is 2.63 bits per heavy atom. The van der Waals surface area contributed by atoms with Gasteiger partial charge in [0, 0.05) is 17.6 Å². The Bertz CT molecular complexity index is 639. The van der Waals surface area contributed by atoms with Gasteiger partial charge in [-0.25, -0.2) is 4.68 Å². The van der Waals surface area contributed by atoms with Crippen LogP contribution in [0.1, 0.15) is 18.5 Å². The van der Waals surface area contributed by atoms with Gasteiger partial charge in [-0.1, -0.05) is 39.7 Å². The maximum Gasteiger partial charge on any atom is 0.287 e. The van der Waals surface area contributed by atoms with E-state index in [0.29, 0.717) is 5.69 Å². The topological polar surface area (TPSA) is 46.9 Å². The van der Waals surface area contributed by atoms with Crippen LogP contribution in [0.15, 0.2) is 39.7 Å². The number of benzene rings is 1. The van der Waals surface area contributed by atoms with Crippen LogP contribution in [0.2, 0.25) is 5.02 Å². The molecule has 0 saturated carbocycles. The molecule has 1 N–H and O–H groups in total. The molecule has 1 atom stereocenters. The smallest absolute Gasteiger partial charge is 0.287 e. The van der Waals surface area contributed by atoms with Gasteiger partial charge in [0.15, 0.2) is 0 Å². The van der Waals surface area contributed by atoms with Crippen molar-refractivity contribution in [1.82, 2.24) is 9.78 Å². The summed E-state index contributed by atoms with van der Waals surface area (Å²) in [5.41, 5.74) is 1.33. The zero-order valence-corrected chi connectivity index (χ0v) is 12.9. The van der Waals surface area contributed by atoms with Gasteiger partial charge in [0.05, 0.1) is 11.9 Å². The largest absolute Gasteiger partial charge is 0.376 e. The Kier molecular flexibility index (Phi) is 4.27. The fraction of sp³-hybridized carbons (Fsp3) is 0.231. The highest BCUT2D eigenvalue weighted by Gasteiger charge is 2.11. The number of aryl methyl sites for hydroxylation is 1. The van der Waals surface area contributed by atoms with Crippen molar-refractivity contribution in [3.05, 3.63) is 55.9 Å². The van der Waals surface area contributed by atoms with Crippen LogP contribution in [-0.4, -0.2) is 9.78 Å². The summed E-state index contributed by atoms with van der Waals surface area (Å²) in [6.45, 7) is 2.00. The van der Waals surface area contributed by atoms with E-state index >= 15 is 0 Å². The summed E-state index contributed by atoms with van der Waals surface area (Å²) in [5.74, 6) is 0. The third-order valence-electron chi connectivity index (χ3n) is 2.82. The van der Waals surface area contributed by atoms with E-state index < -0.39 is 0 Å². The van der Waals surface area contributed by atoms with Crippen LogP contribution in [0.25, 0.3) is 0 Å². The van der Waals surface area contributed by atoms with Gasteiger partial charge in [0.2, 0.25) is 0 Å². The van der Waals surface area contributed by atoms with E-state index in [9.17, 15) is 4.79 Å². The standard InChI is InChI=1S/C13H13BrClN3O/c1-8(9-3-5-10(14)6-4-9)17-11-7-16-18(2)13(19)12(11)15/h3-8,17H,1-2H3. The molecule has 0 saturated heterocycles. The average molecular weight is 343 g/mol. The summed E-state index contributed by atoms with van der Waals surface area (Å²) in [6.07, 6.45) is 1.55. The lowest BCUT2D eigenvalue weighted by Gasteiger charge is -2.16. The van der Waals surface area contributed by atoms with Crippen molar-refractivity contribution in [3.63, 3.8) is 0 Å². The number of nitrogens with zero attached hydrogens (tertiary/aromatic N) is 2. The fourth-order valence-electron chi connectivity index (χ4n) is 1.68. The number of rotatable bonds is 3. The third kappa shape index (κ3) is 3.16. The van der Waals surface area contributed by atoms with Gasteiger partial charge in [-0.2, -0.15) is 5.10 Å². The van der Waals surface area contributed by atoms with Crippen LogP contribution < -0.4 is 10.9 Å². The van der Waals surface area contributed by atoms with Gasteiger partial charge < -0.3 is 5.32 Å². The highest BCUT2D eigenvalue weighted by molar-refractivity contribution is 9.10. The molecule has 4 nitrogen and oxygen atoms in total. The Morgan fingerprint density at radius 2 is 2.00 bits per heavy atom. The van der Waals surface area contributed by atoms with E-state index in [1.165, 1.54) is 4.68 Å². The second-order valence-corrected chi connectivity index (χ2v) is 5.51. The van der Waals surface area contributed by atoms with Crippen molar-refractivity contribution in [2.24, 2.45) is 7.05 Å². The molecular formula is C13H13BrClN3O. The first-order valence-electron chi connectivity index (χ1n) is 5.73. The van der Waals surface area contributed by atoms with Crippen LogP contribution in [0, 0.1) is 0 Å². The van der Waals surface area contributed by atoms with Crippen molar-refractivity contribution in [2.45, 2.75) is 13.0 Å². The number of halogens is 2. The molecule has 0 amide bonds. The molecule has 0 aliphatic carbocycles. The van der Waals surface area contributed by atoms with Gasteiger partial charge in [0.1, 0.15) is 5.02 Å². The maximum atomic E-state index is 11.7. The van der Waals surface area contributed by atoms with Crippen molar-refractivity contribution < 1.29 is 0 Å². The molecule has 19 heavy (non-hydrogen) atoms. The van der Waals surface area contributed by atoms with E-state index in [-0.39, 0.29) is 16.6 Å². The first kappa shape index (κ1) is 14.1. The van der Waals surface area contributed by atoms with Gasteiger partial charge in [-0.15, -0.1) is 0 Å². The number of hydrogen-bond donors (Lipinski definition) is 1. The van der Waals surface area contributed by atoms with Crippen LogP contribution in [0.5, 0.6) is 0 Å². The SMILES string of the molecule is CC(Nc1cnn(C)c(=O)c1Cl)c1ccc(Br)cc1. The lowest BCUT2D eigenvalue weighted by atomic mass is 10.1. The summed E-state index contributed by atoms with van der Waals surface area (Å²) in [6, 6.07) is 7.97. The molecular weight excluding hydrogens is 330 g/mol. The van der Waals surface area contributed by atoms with E-state index in [0.717, 1.165) is 10.0 Å². The van der Waals surface area contributed by atoms with E-state index in [1.807, 2.05) is 31.2 Å². The first-order valence-corrected chi connectivity index (χ1v) is 6.90. The predicted molar refractivity (Wildman–Crippen MR) is 80.7 cm³/mol. The second kappa shape index (κ2) is 5.75. The van der Waals surface area contributed by atoms with Gasteiger partial charge in [-0.05, 0) is 24.6 Å². The highest BCUT2D eigenvalue weighted by atomic mass is 79.9. The van der Waals surface area contributed by atoms with Crippen molar-refractivity contribution in [3.8, 4) is 0 Å². The Morgan fingerprint density at radius 1 is 1.37 bits per heavy atom. The molecule has 0 spiro atoms. The van der Waals surface area contributed by atoms with Crippen molar-refractivity contribution in [2.75, 3.05) is 5.32 Å². The van der Waals surface area contributed by atoms with E-state index in [4.69, 9.17) is 11.6 Å². The van der Waals surface area contributed by atoms with Gasteiger partial charge in [-0.3, -0.25) is 4.79 Å². The summed E-state index contributed by atoms with van der Waals surface area (Å²) in [7, 11) is 1.57.